The topological polar surface area (TPSA) is 171 Å². The molecular formula is C39H27Cl2N3O8. The van der Waals surface area contributed by atoms with Crippen LogP contribution in [0.2, 0.25) is 5.02 Å². The molecule has 0 aliphatic heterocycles. The molecule has 0 saturated carbocycles. The van der Waals surface area contributed by atoms with Crippen LogP contribution < -0.4 is 14.6 Å². The van der Waals surface area contributed by atoms with E-state index in [2.05, 4.69) is 5.32 Å². The second-order valence-corrected chi connectivity index (χ2v) is 11.9. The summed E-state index contributed by atoms with van der Waals surface area (Å²) in [6, 6.07) is 30.4. The van der Waals surface area contributed by atoms with E-state index in [9.17, 15) is 39.9 Å². The van der Waals surface area contributed by atoms with Crippen LogP contribution in [-0.2, 0) is 0 Å². The highest BCUT2D eigenvalue weighted by Crippen LogP contribution is 2.50. The molecule has 0 saturated heterocycles. The number of nitrogens with zero attached hydrogens (tertiary/aromatic N) is 2. The molecule has 6 aromatic rings. The molecule has 6 N–H and O–H groups in total. The molecular weight excluding hydrogens is 709 g/mol. The number of nitrogens with one attached hydrogen (secondary N) is 1. The quantitative estimate of drug-likeness (QED) is 0.0483. The Kier molecular flexibility index (Phi) is 9.91. The number of hydrogen-bond acceptors (Lipinski definition) is 9. The van der Waals surface area contributed by atoms with Gasteiger partial charge in [0, 0.05) is 17.5 Å². The normalized spacial score (nSPS) is 10.7. The average molecular weight is 737 g/mol. The summed E-state index contributed by atoms with van der Waals surface area (Å²) in [4.78, 5) is 42.8. The molecule has 11 nitrogen and oxygen atoms in total. The second-order valence-electron chi connectivity index (χ2n) is 11.2. The van der Waals surface area contributed by atoms with Crippen molar-refractivity contribution >= 4 is 69.4 Å². The number of hydrogen-bond donors (Lipinski definition) is 6. The van der Waals surface area contributed by atoms with E-state index in [0.717, 1.165) is 4.90 Å². The van der Waals surface area contributed by atoms with Gasteiger partial charge >= 0.3 is 0 Å². The lowest BCUT2D eigenvalue weighted by Crippen LogP contribution is -2.28. The van der Waals surface area contributed by atoms with E-state index < -0.39 is 39.9 Å². The van der Waals surface area contributed by atoms with Crippen molar-refractivity contribution in [2.45, 2.75) is 0 Å². The third kappa shape index (κ3) is 6.61. The fraction of sp³-hybridized carbons (Fsp3) is 0. The summed E-state index contributed by atoms with van der Waals surface area (Å²) in [5.74, 6) is -5.29. The molecule has 0 atom stereocenters. The molecule has 6 rings (SSSR count). The maximum absolute atomic E-state index is 14.5. The summed E-state index contributed by atoms with van der Waals surface area (Å²) in [5.41, 5.74) is -1.56. The summed E-state index contributed by atoms with van der Waals surface area (Å²) in [6.07, 6.45) is 0. The summed E-state index contributed by atoms with van der Waals surface area (Å²) in [7, 11) is 0. The minimum atomic E-state index is -0.982. The van der Waals surface area contributed by atoms with Gasteiger partial charge in [0.1, 0.15) is 28.0 Å². The number of carbonyl (C=O) groups is 3. The number of phenols is 5. The third-order valence-corrected chi connectivity index (χ3v) is 8.70. The number of ketones is 1. The number of rotatable bonds is 9. The van der Waals surface area contributed by atoms with Crippen LogP contribution in [0.4, 0.5) is 28.4 Å². The summed E-state index contributed by atoms with van der Waals surface area (Å²) < 4.78 is 0.537. The van der Waals surface area contributed by atoms with Crippen LogP contribution in [0.15, 0.2) is 127 Å². The molecule has 52 heavy (non-hydrogen) atoms. The van der Waals surface area contributed by atoms with Crippen molar-refractivity contribution in [3.8, 4) is 28.7 Å². The van der Waals surface area contributed by atoms with Gasteiger partial charge in [0.2, 0.25) is 0 Å². The first-order valence-electron chi connectivity index (χ1n) is 15.4. The lowest BCUT2D eigenvalue weighted by atomic mass is 9.98. The number of carbonyl (C=O) groups excluding carboxylic acids is 3. The Morgan fingerprint density at radius 3 is 1.60 bits per heavy atom. The predicted molar refractivity (Wildman–Crippen MR) is 198 cm³/mol. The van der Waals surface area contributed by atoms with Crippen molar-refractivity contribution in [1.29, 1.82) is 0 Å². The van der Waals surface area contributed by atoms with Gasteiger partial charge in [-0.25, -0.2) is 4.42 Å². The van der Waals surface area contributed by atoms with Crippen LogP contribution in [0.5, 0.6) is 28.7 Å². The van der Waals surface area contributed by atoms with E-state index in [1.807, 2.05) is 0 Å². The standard InChI is InChI=1S/C39H27Cl2N3O8/c40-33-29(21-26(35(48)23-13-4-7-18-30(23)45)34(37(33)50)42-22-11-2-1-3-12-22)43(38(51)24-14-5-8-19-31(24)46)27-16-10-17-28(36(27)49)44(41)39(52)25-15-6-9-20-32(25)47/h1-21,42,45-47,49-50H. The van der Waals surface area contributed by atoms with Crippen LogP contribution >= 0.6 is 23.4 Å². The van der Waals surface area contributed by atoms with Gasteiger partial charge < -0.3 is 30.8 Å². The lowest BCUT2D eigenvalue weighted by Gasteiger charge is -2.28. The highest BCUT2D eigenvalue weighted by Gasteiger charge is 2.33. The van der Waals surface area contributed by atoms with Gasteiger partial charge in [-0.2, -0.15) is 0 Å². The van der Waals surface area contributed by atoms with Crippen LogP contribution in [-0.4, -0.2) is 43.1 Å². The highest BCUT2D eigenvalue weighted by molar-refractivity contribution is 6.40. The fourth-order valence-corrected chi connectivity index (χ4v) is 5.89. The van der Waals surface area contributed by atoms with Crippen LogP contribution in [0, 0.1) is 0 Å². The Balaban J connectivity index is 1.60. The molecule has 0 aromatic heterocycles. The van der Waals surface area contributed by atoms with Crippen LogP contribution in [0.3, 0.4) is 0 Å². The number of anilines is 5. The number of amides is 2. The Bertz CT molecular complexity index is 2350. The zero-order valence-corrected chi connectivity index (χ0v) is 28.2. The van der Waals surface area contributed by atoms with Crippen molar-refractivity contribution in [2.24, 2.45) is 0 Å². The van der Waals surface area contributed by atoms with Gasteiger partial charge in [-0.15, -0.1) is 0 Å². The van der Waals surface area contributed by atoms with E-state index >= 15 is 0 Å². The molecule has 2 amide bonds. The van der Waals surface area contributed by atoms with Crippen LogP contribution in [0.25, 0.3) is 0 Å². The van der Waals surface area contributed by atoms with Gasteiger partial charge in [-0.1, -0.05) is 72.3 Å². The van der Waals surface area contributed by atoms with Gasteiger partial charge in [-0.3, -0.25) is 19.3 Å². The number of phenolic OH excluding ortho intramolecular Hbond substituents is 5. The smallest absolute Gasteiger partial charge is 0.276 e. The molecule has 13 heteroatoms. The molecule has 6 aromatic carbocycles. The number of aromatic hydroxyl groups is 5. The molecule has 0 aliphatic rings. The largest absolute Gasteiger partial charge is 0.507 e. The second kappa shape index (κ2) is 14.7. The lowest BCUT2D eigenvalue weighted by molar-refractivity contribution is 0.0991. The zero-order chi connectivity index (χ0) is 37.1. The summed E-state index contributed by atoms with van der Waals surface area (Å²) >= 11 is 13.3. The Morgan fingerprint density at radius 1 is 0.519 bits per heavy atom. The molecule has 0 bridgehead atoms. The molecule has 0 heterocycles. The van der Waals surface area contributed by atoms with Crippen molar-refractivity contribution in [1.82, 2.24) is 0 Å². The maximum Gasteiger partial charge on any atom is 0.276 e. The van der Waals surface area contributed by atoms with E-state index in [1.165, 1.54) is 97.1 Å². The molecule has 0 fully saturated rings. The van der Waals surface area contributed by atoms with Gasteiger partial charge in [-0.05, 0) is 66.7 Å². The first-order valence-corrected chi connectivity index (χ1v) is 16.1. The van der Waals surface area contributed by atoms with Crippen molar-refractivity contribution < 1.29 is 39.9 Å². The number of para-hydroxylation sites is 5. The molecule has 0 radical (unpaired) electrons. The fourth-order valence-electron chi connectivity index (χ4n) is 5.43. The third-order valence-electron chi connectivity index (χ3n) is 7.99. The van der Waals surface area contributed by atoms with Crippen molar-refractivity contribution in [2.75, 3.05) is 14.6 Å². The van der Waals surface area contributed by atoms with Gasteiger partial charge in [0.25, 0.3) is 11.8 Å². The van der Waals surface area contributed by atoms with Crippen molar-refractivity contribution in [3.05, 3.63) is 155 Å². The summed E-state index contributed by atoms with van der Waals surface area (Å²) in [5, 5.41) is 57.5. The first kappa shape index (κ1) is 35.1. The maximum atomic E-state index is 14.5. The first-order chi connectivity index (χ1) is 25.0. The Labute approximate surface area is 306 Å². The van der Waals surface area contributed by atoms with Crippen molar-refractivity contribution in [3.63, 3.8) is 0 Å². The molecule has 0 spiro atoms. The SMILES string of the molecule is O=C(c1ccccc1O)c1cc(N(C(=O)c2ccccc2O)c2cccc(N(Cl)C(=O)c3ccccc3O)c2O)c(Cl)c(O)c1Nc1ccccc1. The van der Waals surface area contributed by atoms with E-state index in [0.29, 0.717) is 10.1 Å². The Morgan fingerprint density at radius 2 is 1.02 bits per heavy atom. The highest BCUT2D eigenvalue weighted by atomic mass is 35.5. The average Bonchev–Trinajstić information content (AvgIpc) is 3.15. The van der Waals surface area contributed by atoms with Gasteiger partial charge in [0.15, 0.2) is 17.3 Å². The summed E-state index contributed by atoms with van der Waals surface area (Å²) in [6.45, 7) is 0. The van der Waals surface area contributed by atoms with E-state index in [-0.39, 0.29) is 56.5 Å². The minimum Gasteiger partial charge on any atom is -0.507 e. The van der Waals surface area contributed by atoms with E-state index in [1.54, 1.807) is 30.3 Å². The van der Waals surface area contributed by atoms with Gasteiger partial charge in [0.05, 0.1) is 39.3 Å². The van der Waals surface area contributed by atoms with Crippen LogP contribution in [0.1, 0.15) is 36.6 Å². The molecule has 260 valence electrons. The number of halogens is 2. The van der Waals surface area contributed by atoms with E-state index in [4.69, 9.17) is 23.4 Å². The molecule has 0 unspecified atom stereocenters. The number of benzene rings is 6. The predicted octanol–water partition coefficient (Wildman–Crippen LogP) is 8.62. The molecule has 0 aliphatic carbocycles. The minimum absolute atomic E-state index is 0.143. The Hall–Kier alpha value is -6.69. The monoisotopic (exact) mass is 735 g/mol. The zero-order valence-electron chi connectivity index (χ0n) is 26.7.